The van der Waals surface area contributed by atoms with Gasteiger partial charge < -0.3 is 14.6 Å². The molecular formula is C18H24N4O3. The third-order valence-electron chi connectivity index (χ3n) is 4.29. The predicted octanol–water partition coefficient (Wildman–Crippen LogP) is 2.13. The summed E-state index contributed by atoms with van der Waals surface area (Å²) in [6, 6.07) is 9.38. The van der Waals surface area contributed by atoms with E-state index >= 15 is 0 Å². The van der Waals surface area contributed by atoms with E-state index in [1.165, 1.54) is 0 Å². The third kappa shape index (κ3) is 4.36. The molecule has 0 unspecified atom stereocenters. The van der Waals surface area contributed by atoms with Gasteiger partial charge in [0.2, 0.25) is 5.89 Å². The van der Waals surface area contributed by atoms with Gasteiger partial charge in [0.25, 0.3) is 5.91 Å². The molecule has 1 aromatic heterocycles. The zero-order chi connectivity index (χ0) is 17.8. The summed E-state index contributed by atoms with van der Waals surface area (Å²) in [4.78, 5) is 18.7. The number of hydrogen-bond acceptors (Lipinski definition) is 6. The van der Waals surface area contributed by atoms with Crippen molar-refractivity contribution in [2.24, 2.45) is 0 Å². The van der Waals surface area contributed by atoms with Gasteiger partial charge in [0.15, 0.2) is 12.4 Å². The second kappa shape index (κ2) is 7.65. The minimum absolute atomic E-state index is 0.00689. The van der Waals surface area contributed by atoms with Gasteiger partial charge in [-0.25, -0.2) is 0 Å². The van der Waals surface area contributed by atoms with E-state index < -0.39 is 0 Å². The number of likely N-dealkylation sites (tertiary alicyclic amines) is 1. The van der Waals surface area contributed by atoms with Crippen molar-refractivity contribution in [3.05, 3.63) is 42.0 Å². The average molecular weight is 344 g/mol. The van der Waals surface area contributed by atoms with Crippen molar-refractivity contribution in [3.8, 4) is 5.75 Å². The number of nitrogens with one attached hydrogen (secondary N) is 1. The molecule has 1 amide bonds. The van der Waals surface area contributed by atoms with Crippen molar-refractivity contribution >= 4 is 5.91 Å². The number of ether oxygens (including phenoxy) is 1. The predicted molar refractivity (Wildman–Crippen MR) is 92.2 cm³/mol. The van der Waals surface area contributed by atoms with Gasteiger partial charge >= 0.3 is 0 Å². The topological polar surface area (TPSA) is 80.5 Å². The van der Waals surface area contributed by atoms with E-state index in [-0.39, 0.29) is 30.5 Å². The first-order chi connectivity index (χ1) is 12.0. The number of nitrogens with zero attached hydrogens (tertiary/aromatic N) is 3. The molecule has 134 valence electrons. The summed E-state index contributed by atoms with van der Waals surface area (Å²) in [7, 11) is 2.00. The van der Waals surface area contributed by atoms with Gasteiger partial charge in [-0.15, -0.1) is 0 Å². The Labute approximate surface area is 147 Å². The number of carbonyl (C=O) groups excluding carboxylic acids is 1. The molecule has 1 fully saturated rings. The van der Waals surface area contributed by atoms with Crippen molar-refractivity contribution in [2.45, 2.75) is 38.3 Å². The van der Waals surface area contributed by atoms with E-state index in [0.717, 1.165) is 13.0 Å². The van der Waals surface area contributed by atoms with Gasteiger partial charge in [0.1, 0.15) is 5.75 Å². The molecule has 7 nitrogen and oxygen atoms in total. The molecule has 2 aromatic rings. The number of rotatable bonds is 6. The number of amides is 1. The number of hydrogen-bond donors (Lipinski definition) is 1. The number of benzene rings is 1. The molecule has 2 heterocycles. The summed E-state index contributed by atoms with van der Waals surface area (Å²) in [5.74, 6) is 2.12. The van der Waals surface area contributed by atoms with E-state index in [9.17, 15) is 4.79 Å². The highest BCUT2D eigenvalue weighted by molar-refractivity contribution is 5.77. The molecule has 1 aromatic carbocycles. The summed E-state index contributed by atoms with van der Waals surface area (Å²) >= 11 is 0. The second-order valence-corrected chi connectivity index (χ2v) is 6.70. The average Bonchev–Trinajstić information content (AvgIpc) is 3.21. The molecular weight excluding hydrogens is 320 g/mol. The van der Waals surface area contributed by atoms with E-state index in [1.807, 2.05) is 51.2 Å². The van der Waals surface area contributed by atoms with Crippen LogP contribution in [-0.4, -0.2) is 47.2 Å². The first-order valence-corrected chi connectivity index (χ1v) is 8.54. The lowest BCUT2D eigenvalue weighted by molar-refractivity contribution is -0.123. The van der Waals surface area contributed by atoms with Crippen molar-refractivity contribution in [2.75, 3.05) is 20.2 Å². The van der Waals surface area contributed by atoms with E-state index in [0.29, 0.717) is 17.5 Å². The third-order valence-corrected chi connectivity index (χ3v) is 4.29. The van der Waals surface area contributed by atoms with E-state index in [2.05, 4.69) is 20.4 Å². The Balaban J connectivity index is 1.51. The Kier molecular flexibility index (Phi) is 5.33. The first kappa shape index (κ1) is 17.4. The maximum atomic E-state index is 12.1. The molecule has 0 saturated carbocycles. The Morgan fingerprint density at radius 3 is 2.84 bits per heavy atom. The monoisotopic (exact) mass is 344 g/mol. The Hall–Kier alpha value is -2.41. The second-order valence-electron chi connectivity index (χ2n) is 6.70. The quantitative estimate of drug-likeness (QED) is 0.865. The zero-order valence-corrected chi connectivity index (χ0v) is 14.8. The van der Waals surface area contributed by atoms with Crippen molar-refractivity contribution in [1.82, 2.24) is 20.4 Å². The fourth-order valence-electron chi connectivity index (χ4n) is 2.94. The Bertz CT molecular complexity index is 701. The van der Waals surface area contributed by atoms with Gasteiger partial charge in [-0.2, -0.15) is 4.98 Å². The molecule has 0 aliphatic carbocycles. The van der Waals surface area contributed by atoms with Gasteiger partial charge in [0.05, 0.1) is 6.04 Å². The fraction of sp³-hybridized carbons (Fsp3) is 0.500. The van der Waals surface area contributed by atoms with Crippen LogP contribution >= 0.6 is 0 Å². The smallest absolute Gasteiger partial charge is 0.258 e. The van der Waals surface area contributed by atoms with Gasteiger partial charge in [-0.1, -0.05) is 37.2 Å². The molecule has 2 atom stereocenters. The molecule has 1 aliphatic rings. The summed E-state index contributed by atoms with van der Waals surface area (Å²) in [5, 5.41) is 7.04. The molecule has 1 N–H and O–H groups in total. The van der Waals surface area contributed by atoms with Crippen molar-refractivity contribution in [1.29, 1.82) is 0 Å². The molecule has 0 spiro atoms. The lowest BCUT2D eigenvalue weighted by Crippen LogP contribution is -2.39. The highest BCUT2D eigenvalue weighted by atomic mass is 16.5. The summed E-state index contributed by atoms with van der Waals surface area (Å²) < 4.78 is 10.9. The fourth-order valence-corrected chi connectivity index (χ4v) is 2.94. The lowest BCUT2D eigenvalue weighted by atomic mass is 10.1. The van der Waals surface area contributed by atoms with Crippen LogP contribution in [0, 0.1) is 0 Å². The molecule has 25 heavy (non-hydrogen) atoms. The SMILES string of the molecule is CC(C)c1noc([C@@H]2C[C@H](NC(=O)COc3ccccc3)CN2C)n1. The highest BCUT2D eigenvalue weighted by Gasteiger charge is 2.35. The van der Waals surface area contributed by atoms with Gasteiger partial charge in [-0.3, -0.25) is 9.69 Å². The van der Waals surface area contributed by atoms with Crippen LogP contribution in [-0.2, 0) is 4.79 Å². The van der Waals surface area contributed by atoms with Crippen LogP contribution in [0.5, 0.6) is 5.75 Å². The maximum Gasteiger partial charge on any atom is 0.258 e. The molecule has 0 radical (unpaired) electrons. The van der Waals surface area contributed by atoms with Crippen LogP contribution in [0.3, 0.4) is 0 Å². The first-order valence-electron chi connectivity index (χ1n) is 8.54. The Morgan fingerprint density at radius 2 is 2.16 bits per heavy atom. The molecule has 7 heteroatoms. The van der Waals surface area contributed by atoms with Crippen LogP contribution in [0.4, 0.5) is 0 Å². The lowest BCUT2D eigenvalue weighted by Gasteiger charge is -2.14. The molecule has 3 rings (SSSR count). The normalized spacial score (nSPS) is 20.8. The van der Waals surface area contributed by atoms with Gasteiger partial charge in [0, 0.05) is 18.5 Å². The van der Waals surface area contributed by atoms with Crippen LogP contribution in [0.25, 0.3) is 0 Å². The minimum atomic E-state index is -0.128. The van der Waals surface area contributed by atoms with Crippen LogP contribution in [0.2, 0.25) is 0 Å². The van der Waals surface area contributed by atoms with Crippen LogP contribution < -0.4 is 10.1 Å². The number of likely N-dealkylation sites (N-methyl/N-ethyl adjacent to an activating group) is 1. The highest BCUT2D eigenvalue weighted by Crippen LogP contribution is 2.30. The number of aromatic nitrogens is 2. The minimum Gasteiger partial charge on any atom is -0.484 e. The standard InChI is InChI=1S/C18H24N4O3/c1-12(2)17-20-18(25-21-17)15-9-13(10-22(15)3)19-16(23)11-24-14-7-5-4-6-8-14/h4-8,12-13,15H,9-11H2,1-3H3,(H,19,23)/t13-,15-/m0/s1. The maximum absolute atomic E-state index is 12.1. The van der Waals surface area contributed by atoms with E-state index in [4.69, 9.17) is 9.26 Å². The number of carbonyl (C=O) groups is 1. The largest absolute Gasteiger partial charge is 0.484 e. The van der Waals surface area contributed by atoms with Crippen molar-refractivity contribution < 1.29 is 14.1 Å². The molecule has 0 bridgehead atoms. The summed E-state index contributed by atoms with van der Waals surface area (Å²) in [6.45, 7) is 4.81. The van der Waals surface area contributed by atoms with Gasteiger partial charge in [-0.05, 0) is 25.6 Å². The van der Waals surface area contributed by atoms with Crippen molar-refractivity contribution in [3.63, 3.8) is 0 Å². The number of para-hydroxylation sites is 1. The summed E-state index contributed by atoms with van der Waals surface area (Å²) in [5.41, 5.74) is 0. The summed E-state index contributed by atoms with van der Waals surface area (Å²) in [6.07, 6.45) is 0.743. The Morgan fingerprint density at radius 1 is 1.40 bits per heavy atom. The van der Waals surface area contributed by atoms with E-state index in [1.54, 1.807) is 0 Å². The van der Waals surface area contributed by atoms with Crippen LogP contribution in [0.1, 0.15) is 43.9 Å². The molecule has 1 aliphatic heterocycles. The molecule has 1 saturated heterocycles. The zero-order valence-electron chi connectivity index (χ0n) is 14.8. The van der Waals surface area contributed by atoms with Crippen LogP contribution in [0.15, 0.2) is 34.9 Å².